The van der Waals surface area contributed by atoms with E-state index in [2.05, 4.69) is 73.3 Å². The van der Waals surface area contributed by atoms with Crippen LogP contribution >= 0.6 is 0 Å². The van der Waals surface area contributed by atoms with Crippen molar-refractivity contribution in [2.24, 2.45) is 0 Å². The molecule has 0 spiro atoms. The highest BCUT2D eigenvalue weighted by atomic mass is 15.1. The van der Waals surface area contributed by atoms with E-state index in [0.29, 0.717) is 0 Å². The second-order valence-electron chi connectivity index (χ2n) is 5.10. The van der Waals surface area contributed by atoms with Crippen LogP contribution in [-0.2, 0) is 6.54 Å². The third kappa shape index (κ3) is 4.13. The van der Waals surface area contributed by atoms with Gasteiger partial charge in [0.25, 0.3) is 0 Å². The molecule has 0 aliphatic heterocycles. The lowest BCUT2D eigenvalue weighted by molar-refractivity contribution is 0.716. The van der Waals surface area contributed by atoms with Crippen LogP contribution in [0.1, 0.15) is 30.9 Å². The van der Waals surface area contributed by atoms with Crippen molar-refractivity contribution >= 4 is 5.69 Å². The highest BCUT2D eigenvalue weighted by Gasteiger charge is 2.06. The number of rotatable bonds is 6. The number of aryl methyl sites for hydroxylation is 1. The van der Waals surface area contributed by atoms with Crippen LogP contribution in [0.15, 0.2) is 54.6 Å². The summed E-state index contributed by atoms with van der Waals surface area (Å²) in [5.41, 5.74) is 4.03. The van der Waals surface area contributed by atoms with E-state index in [-0.39, 0.29) is 0 Å². The van der Waals surface area contributed by atoms with Crippen molar-refractivity contribution in [1.29, 1.82) is 0 Å². The van der Waals surface area contributed by atoms with Gasteiger partial charge in [-0.15, -0.1) is 0 Å². The summed E-state index contributed by atoms with van der Waals surface area (Å²) in [5, 5.41) is 0. The van der Waals surface area contributed by atoms with Crippen molar-refractivity contribution in [3.05, 3.63) is 65.7 Å². The molecule has 2 aromatic carbocycles. The monoisotopic (exact) mass is 253 g/mol. The van der Waals surface area contributed by atoms with E-state index in [0.717, 1.165) is 13.1 Å². The van der Waals surface area contributed by atoms with E-state index in [9.17, 15) is 0 Å². The lowest BCUT2D eigenvalue weighted by Crippen LogP contribution is -2.23. The van der Waals surface area contributed by atoms with Crippen LogP contribution in [0.5, 0.6) is 0 Å². The van der Waals surface area contributed by atoms with Crippen molar-refractivity contribution < 1.29 is 0 Å². The zero-order chi connectivity index (χ0) is 13.5. The zero-order valence-corrected chi connectivity index (χ0v) is 12.0. The van der Waals surface area contributed by atoms with Crippen LogP contribution in [0.25, 0.3) is 0 Å². The molecular formula is C18H23N. The predicted molar refractivity (Wildman–Crippen MR) is 83.6 cm³/mol. The molecule has 0 aliphatic carbocycles. The zero-order valence-electron chi connectivity index (χ0n) is 12.0. The van der Waals surface area contributed by atoms with E-state index >= 15 is 0 Å². The van der Waals surface area contributed by atoms with Crippen LogP contribution in [0, 0.1) is 6.92 Å². The minimum Gasteiger partial charge on any atom is -0.367 e. The van der Waals surface area contributed by atoms with Crippen LogP contribution in [0.2, 0.25) is 0 Å². The molecule has 2 rings (SSSR count). The largest absolute Gasteiger partial charge is 0.367 e. The Bertz CT molecular complexity index is 490. The molecule has 1 nitrogen and oxygen atoms in total. The van der Waals surface area contributed by atoms with Gasteiger partial charge in [-0.25, -0.2) is 0 Å². The fourth-order valence-electron chi connectivity index (χ4n) is 2.28. The highest BCUT2D eigenvalue weighted by Crippen LogP contribution is 2.19. The average Bonchev–Trinajstić information content (AvgIpc) is 2.44. The first-order valence-electron chi connectivity index (χ1n) is 7.15. The van der Waals surface area contributed by atoms with Gasteiger partial charge < -0.3 is 4.90 Å². The normalized spacial score (nSPS) is 10.4. The Hall–Kier alpha value is -1.76. The lowest BCUT2D eigenvalue weighted by Gasteiger charge is -2.25. The van der Waals surface area contributed by atoms with E-state index in [1.54, 1.807) is 0 Å². The molecule has 0 unspecified atom stereocenters. The first-order valence-corrected chi connectivity index (χ1v) is 7.15. The third-order valence-electron chi connectivity index (χ3n) is 3.36. The van der Waals surface area contributed by atoms with E-state index in [1.807, 2.05) is 0 Å². The number of unbranched alkanes of at least 4 members (excludes halogenated alkanes) is 1. The molecule has 0 aliphatic rings. The Morgan fingerprint density at radius 1 is 0.947 bits per heavy atom. The fraction of sp³-hybridized carbons (Fsp3) is 0.333. The van der Waals surface area contributed by atoms with Gasteiger partial charge in [-0.2, -0.15) is 0 Å². The molecule has 0 radical (unpaired) electrons. The molecule has 0 bridgehead atoms. The molecule has 0 amide bonds. The van der Waals surface area contributed by atoms with Gasteiger partial charge in [-0.3, -0.25) is 0 Å². The molecule has 19 heavy (non-hydrogen) atoms. The number of anilines is 1. The number of hydrogen-bond donors (Lipinski definition) is 0. The smallest absolute Gasteiger partial charge is 0.0429 e. The molecule has 2 aromatic rings. The summed E-state index contributed by atoms with van der Waals surface area (Å²) >= 11 is 0. The quantitative estimate of drug-likeness (QED) is 0.714. The van der Waals surface area contributed by atoms with Gasteiger partial charge in [-0.1, -0.05) is 55.8 Å². The maximum absolute atomic E-state index is 2.48. The van der Waals surface area contributed by atoms with Gasteiger partial charge in [0.15, 0.2) is 0 Å². The predicted octanol–water partition coefficient (Wildman–Crippen LogP) is 4.80. The molecule has 0 heterocycles. The van der Waals surface area contributed by atoms with E-state index < -0.39 is 0 Å². The molecule has 0 saturated heterocycles. The fourth-order valence-corrected chi connectivity index (χ4v) is 2.28. The summed E-state index contributed by atoms with van der Waals surface area (Å²) in [6, 6.07) is 19.5. The van der Waals surface area contributed by atoms with Crippen LogP contribution in [0.3, 0.4) is 0 Å². The topological polar surface area (TPSA) is 3.24 Å². The summed E-state index contributed by atoms with van der Waals surface area (Å²) < 4.78 is 0. The molecule has 0 N–H and O–H groups in total. The Kier molecular flexibility index (Phi) is 5.02. The maximum atomic E-state index is 2.48. The highest BCUT2D eigenvalue weighted by molar-refractivity contribution is 5.48. The van der Waals surface area contributed by atoms with Crippen molar-refractivity contribution in [2.75, 3.05) is 11.4 Å². The van der Waals surface area contributed by atoms with Gasteiger partial charge >= 0.3 is 0 Å². The third-order valence-corrected chi connectivity index (χ3v) is 3.36. The number of hydrogen-bond acceptors (Lipinski definition) is 1. The molecule has 1 heteroatoms. The summed E-state index contributed by atoms with van der Waals surface area (Å²) in [6.45, 7) is 6.51. The van der Waals surface area contributed by atoms with E-state index in [4.69, 9.17) is 0 Å². The maximum Gasteiger partial charge on any atom is 0.0429 e. The summed E-state index contributed by atoms with van der Waals surface area (Å²) in [4.78, 5) is 2.48. The minimum absolute atomic E-state index is 0.990. The van der Waals surface area contributed by atoms with Crippen molar-refractivity contribution in [2.45, 2.75) is 33.2 Å². The average molecular weight is 253 g/mol. The van der Waals surface area contributed by atoms with Gasteiger partial charge in [0.1, 0.15) is 0 Å². The Balaban J connectivity index is 2.16. The number of benzene rings is 2. The van der Waals surface area contributed by atoms with E-state index in [1.165, 1.54) is 29.7 Å². The summed E-state index contributed by atoms with van der Waals surface area (Å²) in [6.07, 6.45) is 2.47. The first-order chi connectivity index (χ1) is 9.29. The molecule has 0 fully saturated rings. The van der Waals surface area contributed by atoms with Gasteiger partial charge in [-0.05, 0) is 36.6 Å². The minimum atomic E-state index is 0.990. The van der Waals surface area contributed by atoms with Gasteiger partial charge in [0, 0.05) is 18.8 Å². The summed E-state index contributed by atoms with van der Waals surface area (Å²) in [7, 11) is 0. The second kappa shape index (κ2) is 6.98. The molecule has 0 saturated carbocycles. The SMILES string of the molecule is CCCCN(Cc1ccccc1)c1cccc(C)c1. The Morgan fingerprint density at radius 2 is 1.74 bits per heavy atom. The Labute approximate surface area is 116 Å². The first kappa shape index (κ1) is 13.7. The van der Waals surface area contributed by atoms with Crippen LogP contribution < -0.4 is 4.90 Å². The van der Waals surface area contributed by atoms with Crippen LogP contribution in [0.4, 0.5) is 5.69 Å². The van der Waals surface area contributed by atoms with Crippen molar-refractivity contribution in [1.82, 2.24) is 0 Å². The van der Waals surface area contributed by atoms with Crippen molar-refractivity contribution in [3.63, 3.8) is 0 Å². The lowest BCUT2D eigenvalue weighted by atomic mass is 10.1. The molecule has 0 atom stereocenters. The second-order valence-corrected chi connectivity index (χ2v) is 5.10. The molecular weight excluding hydrogens is 230 g/mol. The Morgan fingerprint density at radius 3 is 2.42 bits per heavy atom. The number of nitrogens with zero attached hydrogens (tertiary/aromatic N) is 1. The standard InChI is InChI=1S/C18H23N/c1-3-4-13-19(15-17-10-6-5-7-11-17)18-12-8-9-16(2)14-18/h5-12,14H,3-4,13,15H2,1-2H3. The molecule has 100 valence electrons. The molecule has 0 aromatic heterocycles. The van der Waals surface area contributed by atoms with Gasteiger partial charge in [0.2, 0.25) is 0 Å². The van der Waals surface area contributed by atoms with Crippen molar-refractivity contribution in [3.8, 4) is 0 Å². The van der Waals surface area contributed by atoms with Gasteiger partial charge in [0.05, 0.1) is 0 Å². The summed E-state index contributed by atoms with van der Waals surface area (Å²) in [5.74, 6) is 0. The van der Waals surface area contributed by atoms with Crippen LogP contribution in [-0.4, -0.2) is 6.54 Å².